The average Bonchev–Trinajstić information content (AvgIpc) is 2.95. The Bertz CT molecular complexity index is 1070. The number of fused-ring (bicyclic) bond motifs is 1. The number of amides is 1. The van der Waals surface area contributed by atoms with Crippen LogP contribution in [0.2, 0.25) is 0 Å². The van der Waals surface area contributed by atoms with Gasteiger partial charge in [-0.25, -0.2) is 14.5 Å². The molecule has 0 bridgehead atoms. The first-order chi connectivity index (χ1) is 12.6. The van der Waals surface area contributed by atoms with Crippen molar-refractivity contribution in [2.75, 3.05) is 12.3 Å². The minimum atomic E-state index is -4.64. The van der Waals surface area contributed by atoms with Crippen LogP contribution in [0, 0.1) is 6.92 Å². The molecule has 0 aliphatic rings. The number of alkyl halides is 3. The molecular formula is C15H14F3N7O2. The number of aromatic amines is 1. The summed E-state index contributed by atoms with van der Waals surface area (Å²) in [6.45, 7) is 1.46. The molecule has 0 saturated carbocycles. The van der Waals surface area contributed by atoms with E-state index >= 15 is 0 Å². The number of carbonyl (C=O) groups is 1. The second-order valence-corrected chi connectivity index (χ2v) is 5.70. The Labute approximate surface area is 149 Å². The van der Waals surface area contributed by atoms with Crippen LogP contribution in [0.4, 0.5) is 19.0 Å². The third-order valence-electron chi connectivity index (χ3n) is 3.59. The number of halogens is 3. The predicted molar refractivity (Wildman–Crippen MR) is 88.0 cm³/mol. The Morgan fingerprint density at radius 3 is 2.74 bits per heavy atom. The van der Waals surface area contributed by atoms with Gasteiger partial charge in [-0.1, -0.05) is 0 Å². The zero-order chi connectivity index (χ0) is 19.8. The van der Waals surface area contributed by atoms with E-state index in [-0.39, 0.29) is 41.5 Å². The largest absolute Gasteiger partial charge is 0.433 e. The van der Waals surface area contributed by atoms with Crippen LogP contribution in [-0.2, 0) is 12.6 Å². The van der Waals surface area contributed by atoms with Crippen LogP contribution < -0.4 is 16.6 Å². The molecular weight excluding hydrogens is 367 g/mol. The Hall–Kier alpha value is -3.44. The molecule has 3 aromatic rings. The summed E-state index contributed by atoms with van der Waals surface area (Å²) in [4.78, 5) is 34.0. The number of hydrogen-bond donors (Lipinski definition) is 3. The number of nitrogens with two attached hydrogens (primary N) is 1. The molecule has 0 spiro atoms. The van der Waals surface area contributed by atoms with E-state index in [2.05, 4.69) is 25.4 Å². The quantitative estimate of drug-likeness (QED) is 0.610. The van der Waals surface area contributed by atoms with Gasteiger partial charge < -0.3 is 16.0 Å². The number of H-pyrrole nitrogens is 1. The van der Waals surface area contributed by atoms with Crippen molar-refractivity contribution in [2.45, 2.75) is 19.5 Å². The lowest BCUT2D eigenvalue weighted by atomic mass is 10.2. The van der Waals surface area contributed by atoms with Crippen molar-refractivity contribution in [3.8, 4) is 0 Å². The van der Waals surface area contributed by atoms with Crippen LogP contribution in [0.1, 0.15) is 27.6 Å². The molecule has 0 fully saturated rings. The van der Waals surface area contributed by atoms with Gasteiger partial charge in [-0.3, -0.25) is 9.59 Å². The van der Waals surface area contributed by atoms with Gasteiger partial charge in [0.25, 0.3) is 11.5 Å². The number of aryl methyl sites for hydroxylation is 1. The molecule has 0 atom stereocenters. The zero-order valence-electron chi connectivity index (χ0n) is 14.0. The third kappa shape index (κ3) is 3.88. The van der Waals surface area contributed by atoms with Crippen LogP contribution in [0.5, 0.6) is 0 Å². The van der Waals surface area contributed by atoms with E-state index in [1.165, 1.54) is 6.92 Å². The number of nitrogen functional groups attached to an aromatic ring is 1. The Morgan fingerprint density at radius 1 is 1.33 bits per heavy atom. The fraction of sp³-hybridized carbons (Fsp3) is 0.267. The van der Waals surface area contributed by atoms with Crippen molar-refractivity contribution < 1.29 is 18.0 Å². The molecule has 1 amide bonds. The predicted octanol–water partition coefficient (Wildman–Crippen LogP) is 0.695. The van der Waals surface area contributed by atoms with Gasteiger partial charge >= 0.3 is 6.18 Å². The van der Waals surface area contributed by atoms with Crippen LogP contribution in [0.3, 0.4) is 0 Å². The molecule has 3 heterocycles. The normalized spacial score (nSPS) is 11.7. The van der Waals surface area contributed by atoms with E-state index in [4.69, 9.17) is 5.73 Å². The number of anilines is 1. The van der Waals surface area contributed by atoms with E-state index < -0.39 is 23.3 Å². The maximum Gasteiger partial charge on any atom is 0.433 e. The Balaban J connectivity index is 1.80. The van der Waals surface area contributed by atoms with Gasteiger partial charge in [-0.15, -0.1) is 0 Å². The molecule has 12 heteroatoms. The highest BCUT2D eigenvalue weighted by Crippen LogP contribution is 2.30. The molecule has 9 nitrogen and oxygen atoms in total. The molecule has 0 aromatic carbocycles. The molecule has 27 heavy (non-hydrogen) atoms. The lowest BCUT2D eigenvalue weighted by molar-refractivity contribution is -0.142. The highest BCUT2D eigenvalue weighted by molar-refractivity contribution is 5.99. The molecule has 0 aliphatic heterocycles. The van der Waals surface area contributed by atoms with Crippen LogP contribution in [0.15, 0.2) is 23.1 Å². The van der Waals surface area contributed by atoms with Crippen molar-refractivity contribution in [3.05, 3.63) is 51.5 Å². The summed E-state index contributed by atoms with van der Waals surface area (Å²) >= 11 is 0. The van der Waals surface area contributed by atoms with Gasteiger partial charge in [0, 0.05) is 24.7 Å². The monoisotopic (exact) mass is 381 g/mol. The van der Waals surface area contributed by atoms with Crippen LogP contribution in [0.25, 0.3) is 5.65 Å². The summed E-state index contributed by atoms with van der Waals surface area (Å²) in [5.41, 5.74) is 3.82. The minimum absolute atomic E-state index is 0.0436. The molecule has 0 saturated heterocycles. The number of carbonyl (C=O) groups excluding carboxylic acids is 1. The maximum absolute atomic E-state index is 13.1. The topological polar surface area (TPSA) is 131 Å². The standard InChI is InChI=1S/C15H14F3N7O2/c1-7-4-9(15(16,17)18)25-13(22-7)8(6-21-25)14(27)20-3-2-11-23-10(19)5-12(26)24-11/h4-6H,2-3H2,1H3,(H,20,27)(H3,19,23,24,26). The SMILES string of the molecule is Cc1cc(C(F)(F)F)n2ncc(C(=O)NCCc3nc(N)cc(=O)[nH]3)c2n1. The minimum Gasteiger partial charge on any atom is -0.383 e. The van der Waals surface area contributed by atoms with Gasteiger partial charge in [0.2, 0.25) is 0 Å². The summed E-state index contributed by atoms with van der Waals surface area (Å²) in [5, 5.41) is 6.16. The summed E-state index contributed by atoms with van der Waals surface area (Å²) < 4.78 is 40.0. The summed E-state index contributed by atoms with van der Waals surface area (Å²) in [5.74, 6) is -0.335. The highest BCUT2D eigenvalue weighted by atomic mass is 19.4. The molecule has 0 unspecified atom stereocenters. The first-order valence-corrected chi connectivity index (χ1v) is 7.71. The molecule has 3 aromatic heterocycles. The Morgan fingerprint density at radius 2 is 2.07 bits per heavy atom. The van der Waals surface area contributed by atoms with Gasteiger partial charge in [-0.05, 0) is 13.0 Å². The average molecular weight is 381 g/mol. The summed E-state index contributed by atoms with van der Waals surface area (Å²) in [6.07, 6.45) is -3.45. The van der Waals surface area contributed by atoms with Gasteiger partial charge in [-0.2, -0.15) is 18.3 Å². The Kier molecular flexibility index (Phi) is 4.56. The van der Waals surface area contributed by atoms with E-state index in [1.807, 2.05) is 0 Å². The fourth-order valence-electron chi connectivity index (χ4n) is 2.48. The molecule has 4 N–H and O–H groups in total. The van der Waals surface area contributed by atoms with Crippen molar-refractivity contribution >= 4 is 17.4 Å². The lowest BCUT2D eigenvalue weighted by Gasteiger charge is -2.10. The van der Waals surface area contributed by atoms with E-state index in [0.717, 1.165) is 18.3 Å². The number of nitrogens with one attached hydrogen (secondary N) is 2. The summed E-state index contributed by atoms with van der Waals surface area (Å²) in [7, 11) is 0. The molecule has 142 valence electrons. The highest BCUT2D eigenvalue weighted by Gasteiger charge is 2.35. The molecule has 3 rings (SSSR count). The number of hydrogen-bond acceptors (Lipinski definition) is 6. The molecule has 0 aliphatic carbocycles. The second kappa shape index (κ2) is 6.70. The molecule has 0 radical (unpaired) electrons. The van der Waals surface area contributed by atoms with E-state index in [1.54, 1.807) is 0 Å². The smallest absolute Gasteiger partial charge is 0.383 e. The van der Waals surface area contributed by atoms with Crippen molar-refractivity contribution in [1.29, 1.82) is 0 Å². The van der Waals surface area contributed by atoms with Crippen molar-refractivity contribution in [1.82, 2.24) is 29.9 Å². The first-order valence-electron chi connectivity index (χ1n) is 7.71. The van der Waals surface area contributed by atoms with Crippen molar-refractivity contribution in [3.63, 3.8) is 0 Å². The first kappa shape index (κ1) is 18.4. The van der Waals surface area contributed by atoms with Crippen molar-refractivity contribution in [2.24, 2.45) is 0 Å². The maximum atomic E-state index is 13.1. The van der Waals surface area contributed by atoms with Crippen LogP contribution >= 0.6 is 0 Å². The fourth-order valence-corrected chi connectivity index (χ4v) is 2.48. The number of aromatic nitrogens is 5. The van der Waals surface area contributed by atoms with Gasteiger partial charge in [0.15, 0.2) is 5.65 Å². The second-order valence-electron chi connectivity index (χ2n) is 5.70. The number of nitrogens with zero attached hydrogens (tertiary/aromatic N) is 4. The van der Waals surface area contributed by atoms with Gasteiger partial charge in [0.05, 0.1) is 6.20 Å². The van der Waals surface area contributed by atoms with E-state index in [9.17, 15) is 22.8 Å². The number of rotatable bonds is 4. The lowest BCUT2D eigenvalue weighted by Crippen LogP contribution is -2.27. The van der Waals surface area contributed by atoms with Crippen LogP contribution in [-0.4, -0.2) is 37.0 Å². The third-order valence-corrected chi connectivity index (χ3v) is 3.59. The van der Waals surface area contributed by atoms with Gasteiger partial charge in [0.1, 0.15) is 22.9 Å². The zero-order valence-corrected chi connectivity index (χ0v) is 14.0. The summed E-state index contributed by atoms with van der Waals surface area (Å²) in [6, 6.07) is 1.97. The van der Waals surface area contributed by atoms with E-state index in [0.29, 0.717) is 4.52 Å².